The van der Waals surface area contributed by atoms with Gasteiger partial charge in [-0.15, -0.1) is 0 Å². The second-order valence-corrected chi connectivity index (χ2v) is 5.84. The molecule has 76 valence electrons. The third-order valence-corrected chi connectivity index (χ3v) is 5.31. The van der Waals surface area contributed by atoms with E-state index in [1.165, 1.54) is 19.3 Å². The van der Waals surface area contributed by atoms with Gasteiger partial charge < -0.3 is 5.32 Å². The maximum atomic E-state index is 4.27. The van der Waals surface area contributed by atoms with Crippen molar-refractivity contribution in [3.05, 3.63) is 0 Å². The molecule has 1 N–H and O–H groups in total. The Morgan fingerprint density at radius 1 is 1.38 bits per heavy atom. The van der Waals surface area contributed by atoms with Crippen molar-refractivity contribution in [2.45, 2.75) is 46.1 Å². The Morgan fingerprint density at radius 3 is 2.46 bits per heavy atom. The second-order valence-electron chi connectivity index (χ2n) is 5.53. The maximum Gasteiger partial charge on any atom is 0.0389 e. The normalized spacial score (nSPS) is 47.1. The SMILES string of the molecule is CC1(C)C2CCC1(C)C(NCS)C2. The van der Waals surface area contributed by atoms with Gasteiger partial charge in [-0.3, -0.25) is 0 Å². The average molecular weight is 199 g/mol. The van der Waals surface area contributed by atoms with Crippen molar-refractivity contribution in [1.82, 2.24) is 5.32 Å². The quantitative estimate of drug-likeness (QED) is 0.515. The summed E-state index contributed by atoms with van der Waals surface area (Å²) in [6.07, 6.45) is 4.20. The predicted molar refractivity (Wildman–Crippen MR) is 60.0 cm³/mol. The number of nitrogens with one attached hydrogen (secondary N) is 1. The predicted octanol–water partition coefficient (Wildman–Crippen LogP) is 2.68. The molecule has 2 saturated carbocycles. The Morgan fingerprint density at radius 2 is 2.08 bits per heavy atom. The van der Waals surface area contributed by atoms with Gasteiger partial charge in [-0.1, -0.05) is 20.8 Å². The van der Waals surface area contributed by atoms with Crippen LogP contribution >= 0.6 is 12.6 Å². The van der Waals surface area contributed by atoms with Crippen LogP contribution in [-0.2, 0) is 0 Å². The molecule has 0 saturated heterocycles. The topological polar surface area (TPSA) is 12.0 Å². The minimum absolute atomic E-state index is 0.514. The Labute approximate surface area is 87.1 Å². The van der Waals surface area contributed by atoms with Crippen LogP contribution in [0.25, 0.3) is 0 Å². The summed E-state index contributed by atoms with van der Waals surface area (Å²) in [5.74, 6) is 1.76. The molecule has 0 aromatic rings. The van der Waals surface area contributed by atoms with E-state index in [0.29, 0.717) is 16.9 Å². The number of hydrogen-bond donors (Lipinski definition) is 2. The zero-order chi connectivity index (χ0) is 9.69. The smallest absolute Gasteiger partial charge is 0.0389 e. The van der Waals surface area contributed by atoms with E-state index in [0.717, 1.165) is 11.8 Å². The van der Waals surface area contributed by atoms with Gasteiger partial charge in [-0.25, -0.2) is 0 Å². The molecule has 1 nitrogen and oxygen atoms in total. The summed E-state index contributed by atoms with van der Waals surface area (Å²) in [7, 11) is 0. The summed E-state index contributed by atoms with van der Waals surface area (Å²) in [5, 5.41) is 3.54. The summed E-state index contributed by atoms with van der Waals surface area (Å²) in [5.41, 5.74) is 1.05. The lowest BCUT2D eigenvalue weighted by atomic mass is 9.69. The summed E-state index contributed by atoms with van der Waals surface area (Å²) >= 11 is 4.27. The molecule has 2 aliphatic rings. The molecule has 2 heteroatoms. The fraction of sp³-hybridized carbons (Fsp3) is 1.00. The van der Waals surface area contributed by atoms with E-state index in [2.05, 4.69) is 38.7 Å². The fourth-order valence-electron chi connectivity index (χ4n) is 3.62. The van der Waals surface area contributed by atoms with Crippen molar-refractivity contribution in [2.24, 2.45) is 16.7 Å². The van der Waals surface area contributed by atoms with Crippen LogP contribution in [0.15, 0.2) is 0 Å². The molecular weight excluding hydrogens is 178 g/mol. The first kappa shape index (κ1) is 9.85. The van der Waals surface area contributed by atoms with Crippen molar-refractivity contribution < 1.29 is 0 Å². The average Bonchev–Trinajstić information content (AvgIpc) is 2.37. The Kier molecular flexibility index (Phi) is 2.20. The lowest BCUT2D eigenvalue weighted by molar-refractivity contribution is 0.124. The highest BCUT2D eigenvalue weighted by molar-refractivity contribution is 7.80. The monoisotopic (exact) mass is 199 g/mol. The first-order chi connectivity index (χ1) is 6.02. The van der Waals surface area contributed by atoms with Gasteiger partial charge in [-0.2, -0.15) is 12.6 Å². The van der Waals surface area contributed by atoms with E-state index >= 15 is 0 Å². The van der Waals surface area contributed by atoms with E-state index < -0.39 is 0 Å². The molecule has 13 heavy (non-hydrogen) atoms. The van der Waals surface area contributed by atoms with Crippen LogP contribution < -0.4 is 5.32 Å². The van der Waals surface area contributed by atoms with Gasteiger partial charge in [-0.05, 0) is 36.0 Å². The molecule has 0 amide bonds. The highest BCUT2D eigenvalue weighted by Gasteiger charge is 2.60. The van der Waals surface area contributed by atoms with Gasteiger partial charge in [0.1, 0.15) is 0 Å². The van der Waals surface area contributed by atoms with E-state index in [-0.39, 0.29) is 0 Å². The minimum Gasteiger partial charge on any atom is -0.305 e. The van der Waals surface area contributed by atoms with Crippen LogP contribution in [0, 0.1) is 16.7 Å². The standard InChI is InChI=1S/C11H21NS/c1-10(2)8-4-5-11(10,3)9(6-8)12-7-13/h8-9,12-13H,4-7H2,1-3H3. The van der Waals surface area contributed by atoms with E-state index in [1.54, 1.807) is 0 Å². The lowest BCUT2D eigenvalue weighted by Crippen LogP contribution is -2.43. The number of fused-ring (bicyclic) bond motifs is 2. The van der Waals surface area contributed by atoms with Gasteiger partial charge in [0, 0.05) is 11.9 Å². The van der Waals surface area contributed by atoms with Gasteiger partial charge in [0.25, 0.3) is 0 Å². The molecule has 0 heterocycles. The molecule has 3 unspecified atom stereocenters. The van der Waals surface area contributed by atoms with Crippen LogP contribution in [0.4, 0.5) is 0 Å². The van der Waals surface area contributed by atoms with Gasteiger partial charge >= 0.3 is 0 Å². The molecule has 0 radical (unpaired) electrons. The largest absolute Gasteiger partial charge is 0.305 e. The molecule has 2 aliphatic carbocycles. The number of rotatable bonds is 2. The molecule has 2 bridgehead atoms. The molecule has 0 spiro atoms. The van der Waals surface area contributed by atoms with E-state index in [9.17, 15) is 0 Å². The van der Waals surface area contributed by atoms with Crippen molar-refractivity contribution in [2.75, 3.05) is 5.88 Å². The summed E-state index contributed by atoms with van der Waals surface area (Å²) in [6.45, 7) is 7.36. The van der Waals surface area contributed by atoms with Crippen LogP contribution in [0.3, 0.4) is 0 Å². The zero-order valence-corrected chi connectivity index (χ0v) is 9.82. The molecule has 2 fully saturated rings. The van der Waals surface area contributed by atoms with Gasteiger partial charge in [0.2, 0.25) is 0 Å². The Balaban J connectivity index is 2.22. The molecule has 0 aromatic carbocycles. The van der Waals surface area contributed by atoms with Crippen LogP contribution in [0.5, 0.6) is 0 Å². The molecule has 2 rings (SSSR count). The molecule has 3 atom stereocenters. The maximum absolute atomic E-state index is 4.27. The number of thiol groups is 1. The number of hydrogen-bond acceptors (Lipinski definition) is 2. The van der Waals surface area contributed by atoms with Crippen molar-refractivity contribution >= 4 is 12.6 Å². The second kappa shape index (κ2) is 2.90. The first-order valence-electron chi connectivity index (χ1n) is 5.36. The van der Waals surface area contributed by atoms with Crippen LogP contribution in [0.1, 0.15) is 40.0 Å². The highest BCUT2D eigenvalue weighted by atomic mass is 32.1. The molecular formula is C11H21NS. The van der Waals surface area contributed by atoms with Gasteiger partial charge in [0.05, 0.1) is 0 Å². The first-order valence-corrected chi connectivity index (χ1v) is 6.00. The lowest BCUT2D eigenvalue weighted by Gasteiger charge is -2.39. The van der Waals surface area contributed by atoms with Crippen molar-refractivity contribution in [3.8, 4) is 0 Å². The fourth-order valence-corrected chi connectivity index (χ4v) is 3.84. The van der Waals surface area contributed by atoms with Gasteiger partial charge in [0.15, 0.2) is 0 Å². The highest BCUT2D eigenvalue weighted by Crippen LogP contribution is 2.65. The Hall–Kier alpha value is 0.310. The third-order valence-electron chi connectivity index (χ3n) is 5.13. The molecule has 0 aromatic heterocycles. The van der Waals surface area contributed by atoms with Crippen LogP contribution in [-0.4, -0.2) is 11.9 Å². The van der Waals surface area contributed by atoms with E-state index in [1.807, 2.05) is 0 Å². The van der Waals surface area contributed by atoms with Crippen LogP contribution in [0.2, 0.25) is 0 Å². The summed E-state index contributed by atoms with van der Waals surface area (Å²) in [4.78, 5) is 0. The molecule has 0 aliphatic heterocycles. The Bertz CT molecular complexity index is 214. The summed E-state index contributed by atoms with van der Waals surface area (Å²) < 4.78 is 0. The zero-order valence-electron chi connectivity index (χ0n) is 8.93. The van der Waals surface area contributed by atoms with E-state index in [4.69, 9.17) is 0 Å². The minimum atomic E-state index is 0.514. The van der Waals surface area contributed by atoms with Crippen molar-refractivity contribution in [1.29, 1.82) is 0 Å². The third kappa shape index (κ3) is 1.11. The summed E-state index contributed by atoms with van der Waals surface area (Å²) in [6, 6.07) is 0.707. The van der Waals surface area contributed by atoms with Crippen molar-refractivity contribution in [3.63, 3.8) is 0 Å².